The molecule has 0 heterocycles. The lowest BCUT2D eigenvalue weighted by atomic mass is 10.0. The second kappa shape index (κ2) is 7.79. The van der Waals surface area contributed by atoms with Crippen LogP contribution >= 0.6 is 0 Å². The second-order valence-electron chi connectivity index (χ2n) is 5.15. The number of nitrogens with one attached hydrogen (secondary N) is 1. The lowest BCUT2D eigenvalue weighted by Crippen LogP contribution is -2.35. The maximum absolute atomic E-state index is 10.9. The first kappa shape index (κ1) is 15.5. The molecule has 1 aromatic carbocycles. The van der Waals surface area contributed by atoms with Crippen LogP contribution in [0.4, 0.5) is 0 Å². The minimum atomic E-state index is -0.769. The van der Waals surface area contributed by atoms with Gasteiger partial charge in [-0.1, -0.05) is 26.0 Å². The third kappa shape index (κ3) is 6.25. The van der Waals surface area contributed by atoms with Crippen molar-refractivity contribution in [3.8, 4) is 5.75 Å². The van der Waals surface area contributed by atoms with Crippen molar-refractivity contribution in [3.63, 3.8) is 0 Å². The molecule has 0 aliphatic carbocycles. The first-order chi connectivity index (χ1) is 9.01. The predicted molar refractivity (Wildman–Crippen MR) is 75.6 cm³/mol. The first-order valence-corrected chi connectivity index (χ1v) is 6.59. The smallest absolute Gasteiger partial charge is 0.304 e. The molecule has 0 radical (unpaired) electrons. The van der Waals surface area contributed by atoms with Crippen LogP contribution in [0.5, 0.6) is 5.75 Å². The number of carboxylic acid groups (broad SMARTS) is 1. The van der Waals surface area contributed by atoms with E-state index in [4.69, 9.17) is 9.84 Å². The van der Waals surface area contributed by atoms with E-state index in [-0.39, 0.29) is 12.5 Å². The Kier molecular flexibility index (Phi) is 6.36. The zero-order valence-corrected chi connectivity index (χ0v) is 11.8. The Morgan fingerprint density at radius 3 is 2.42 bits per heavy atom. The van der Waals surface area contributed by atoms with Gasteiger partial charge in [-0.05, 0) is 36.6 Å². The van der Waals surface area contributed by atoms with Gasteiger partial charge in [-0.25, -0.2) is 0 Å². The van der Waals surface area contributed by atoms with E-state index < -0.39 is 5.97 Å². The molecule has 0 bridgehead atoms. The van der Waals surface area contributed by atoms with Gasteiger partial charge in [0.25, 0.3) is 0 Å². The van der Waals surface area contributed by atoms with E-state index in [9.17, 15) is 4.79 Å². The molecule has 0 aliphatic rings. The lowest BCUT2D eigenvalue weighted by Gasteiger charge is -2.18. The molecule has 0 saturated heterocycles. The Morgan fingerprint density at radius 1 is 1.32 bits per heavy atom. The van der Waals surface area contributed by atoms with Gasteiger partial charge >= 0.3 is 5.97 Å². The molecule has 4 heteroatoms. The van der Waals surface area contributed by atoms with E-state index in [0.717, 1.165) is 17.9 Å². The molecule has 0 saturated carbocycles. The fourth-order valence-corrected chi connectivity index (χ4v) is 1.88. The van der Waals surface area contributed by atoms with Crippen molar-refractivity contribution in [2.75, 3.05) is 13.7 Å². The molecular weight excluding hydrogens is 242 g/mol. The Hall–Kier alpha value is -1.55. The van der Waals surface area contributed by atoms with Crippen LogP contribution in [-0.2, 0) is 11.2 Å². The topological polar surface area (TPSA) is 58.6 Å². The van der Waals surface area contributed by atoms with Gasteiger partial charge in [0.2, 0.25) is 0 Å². The van der Waals surface area contributed by atoms with Crippen molar-refractivity contribution in [2.24, 2.45) is 5.92 Å². The van der Waals surface area contributed by atoms with Crippen molar-refractivity contribution in [1.29, 1.82) is 0 Å². The minimum Gasteiger partial charge on any atom is -0.497 e. The van der Waals surface area contributed by atoms with Crippen molar-refractivity contribution >= 4 is 5.97 Å². The molecule has 0 aromatic heterocycles. The van der Waals surface area contributed by atoms with Crippen LogP contribution < -0.4 is 10.1 Å². The van der Waals surface area contributed by atoms with E-state index in [2.05, 4.69) is 19.2 Å². The number of hydrogen-bond acceptors (Lipinski definition) is 3. The fourth-order valence-electron chi connectivity index (χ4n) is 1.88. The summed E-state index contributed by atoms with van der Waals surface area (Å²) in [6.07, 6.45) is 0.849. The van der Waals surface area contributed by atoms with Gasteiger partial charge in [-0.2, -0.15) is 0 Å². The zero-order valence-electron chi connectivity index (χ0n) is 11.8. The number of aliphatic carboxylic acids is 1. The Labute approximate surface area is 114 Å². The summed E-state index contributed by atoms with van der Waals surface area (Å²) in [4.78, 5) is 10.9. The molecule has 1 aromatic rings. The molecule has 19 heavy (non-hydrogen) atoms. The molecular formula is C15H23NO3. The molecule has 1 rings (SSSR count). The number of rotatable bonds is 8. The summed E-state index contributed by atoms with van der Waals surface area (Å²) < 4.78 is 5.11. The molecule has 2 N–H and O–H groups in total. The number of hydrogen-bond donors (Lipinski definition) is 2. The van der Waals surface area contributed by atoms with Crippen LogP contribution in [0.25, 0.3) is 0 Å². The number of benzene rings is 1. The van der Waals surface area contributed by atoms with Crippen LogP contribution in [0.3, 0.4) is 0 Å². The Balaban J connectivity index is 2.61. The zero-order chi connectivity index (χ0) is 14.3. The van der Waals surface area contributed by atoms with E-state index >= 15 is 0 Å². The average Bonchev–Trinajstić information content (AvgIpc) is 2.36. The summed E-state index contributed by atoms with van der Waals surface area (Å²) in [6, 6.07) is 7.72. The van der Waals surface area contributed by atoms with Gasteiger partial charge in [0.05, 0.1) is 13.5 Å². The van der Waals surface area contributed by atoms with E-state index in [1.54, 1.807) is 7.11 Å². The molecule has 1 atom stereocenters. The maximum Gasteiger partial charge on any atom is 0.304 e. The summed E-state index contributed by atoms with van der Waals surface area (Å²) >= 11 is 0. The Bertz CT molecular complexity index is 387. The highest BCUT2D eigenvalue weighted by atomic mass is 16.5. The number of carboxylic acids is 1. The summed E-state index contributed by atoms with van der Waals surface area (Å²) in [5, 5.41) is 12.3. The predicted octanol–water partition coefficient (Wildman–Crippen LogP) is 2.33. The van der Waals surface area contributed by atoms with Gasteiger partial charge in [-0.3, -0.25) is 4.79 Å². The molecule has 0 fully saturated rings. The SMILES string of the molecule is COc1ccc(CC(CC(=O)O)NCC(C)C)cc1. The minimum absolute atomic E-state index is 0.0340. The molecule has 106 valence electrons. The standard InChI is InChI=1S/C15H23NO3/c1-11(2)10-16-13(9-15(17)18)8-12-4-6-14(19-3)7-5-12/h4-7,11,13,16H,8-10H2,1-3H3,(H,17,18). The lowest BCUT2D eigenvalue weighted by molar-refractivity contribution is -0.137. The fraction of sp³-hybridized carbons (Fsp3) is 0.533. The highest BCUT2D eigenvalue weighted by molar-refractivity contribution is 5.67. The van der Waals surface area contributed by atoms with Crippen molar-refractivity contribution < 1.29 is 14.6 Å². The van der Waals surface area contributed by atoms with Gasteiger partial charge in [0.1, 0.15) is 5.75 Å². The maximum atomic E-state index is 10.9. The van der Waals surface area contributed by atoms with Gasteiger partial charge in [0, 0.05) is 6.04 Å². The molecule has 0 amide bonds. The first-order valence-electron chi connectivity index (χ1n) is 6.59. The molecule has 0 spiro atoms. The van der Waals surface area contributed by atoms with Crippen LogP contribution in [0, 0.1) is 5.92 Å². The summed E-state index contributed by atoms with van der Waals surface area (Å²) in [5.74, 6) is 0.551. The van der Waals surface area contributed by atoms with Crippen molar-refractivity contribution in [1.82, 2.24) is 5.32 Å². The quantitative estimate of drug-likeness (QED) is 0.757. The van der Waals surface area contributed by atoms with Gasteiger partial charge in [-0.15, -0.1) is 0 Å². The van der Waals surface area contributed by atoms with Crippen LogP contribution in [-0.4, -0.2) is 30.8 Å². The summed E-state index contributed by atoms with van der Waals surface area (Å²) in [7, 11) is 1.63. The monoisotopic (exact) mass is 265 g/mol. The molecule has 1 unspecified atom stereocenters. The third-order valence-electron chi connectivity index (χ3n) is 2.88. The van der Waals surface area contributed by atoms with Crippen LogP contribution in [0.15, 0.2) is 24.3 Å². The normalized spacial score (nSPS) is 12.4. The van der Waals surface area contributed by atoms with E-state index in [1.165, 1.54) is 0 Å². The molecule has 4 nitrogen and oxygen atoms in total. The Morgan fingerprint density at radius 2 is 1.95 bits per heavy atom. The highest BCUT2D eigenvalue weighted by Crippen LogP contribution is 2.13. The highest BCUT2D eigenvalue weighted by Gasteiger charge is 2.14. The summed E-state index contributed by atoms with van der Waals surface area (Å²) in [6.45, 7) is 5.05. The summed E-state index contributed by atoms with van der Waals surface area (Å²) in [5.41, 5.74) is 1.11. The van der Waals surface area contributed by atoms with Gasteiger partial charge in [0.15, 0.2) is 0 Å². The number of methoxy groups -OCH3 is 1. The van der Waals surface area contributed by atoms with Gasteiger partial charge < -0.3 is 15.2 Å². The van der Waals surface area contributed by atoms with E-state index in [1.807, 2.05) is 24.3 Å². The number of carbonyl (C=O) groups is 1. The molecule has 0 aliphatic heterocycles. The van der Waals surface area contributed by atoms with Crippen molar-refractivity contribution in [3.05, 3.63) is 29.8 Å². The van der Waals surface area contributed by atoms with E-state index in [0.29, 0.717) is 12.3 Å². The largest absolute Gasteiger partial charge is 0.497 e. The van der Waals surface area contributed by atoms with Crippen LogP contribution in [0.1, 0.15) is 25.8 Å². The van der Waals surface area contributed by atoms with Crippen molar-refractivity contribution in [2.45, 2.75) is 32.7 Å². The second-order valence-corrected chi connectivity index (χ2v) is 5.15. The van der Waals surface area contributed by atoms with Crippen LogP contribution in [0.2, 0.25) is 0 Å². The third-order valence-corrected chi connectivity index (χ3v) is 2.88. The average molecular weight is 265 g/mol. The number of ether oxygens (including phenoxy) is 1.